The number of aliphatic carboxylic acids is 1. The number of hydrogen-bond acceptors (Lipinski definition) is 2. The molecule has 1 N–H and O–H groups in total. The van der Waals surface area contributed by atoms with Crippen molar-refractivity contribution in [3.8, 4) is 0 Å². The molecule has 1 aliphatic rings. The van der Waals surface area contributed by atoms with Crippen LogP contribution in [0, 0.1) is 0 Å². The minimum Gasteiger partial charge on any atom is -0.478 e. The molecule has 0 radical (unpaired) electrons. The number of hydrogen-bond donors (Lipinski definition) is 1. The van der Waals surface area contributed by atoms with Gasteiger partial charge in [0.1, 0.15) is 0 Å². The molecule has 1 aromatic rings. The van der Waals surface area contributed by atoms with Crippen LogP contribution in [0.25, 0.3) is 0 Å². The summed E-state index contributed by atoms with van der Waals surface area (Å²) in [6.45, 7) is 1.43. The van der Waals surface area contributed by atoms with Gasteiger partial charge >= 0.3 is 5.97 Å². The van der Waals surface area contributed by atoms with Gasteiger partial charge in [-0.15, -0.1) is 0 Å². The maximum absolute atomic E-state index is 10.7. The maximum Gasteiger partial charge on any atom is 0.331 e. The molecule has 2 rings (SSSR count). The van der Waals surface area contributed by atoms with E-state index in [1.165, 1.54) is 0 Å². The van der Waals surface area contributed by atoms with E-state index in [1.807, 2.05) is 24.3 Å². The zero-order valence-corrected chi connectivity index (χ0v) is 10.3. The summed E-state index contributed by atoms with van der Waals surface area (Å²) < 4.78 is 1.05. The van der Waals surface area contributed by atoms with E-state index in [0.717, 1.165) is 16.7 Å². The zero-order chi connectivity index (χ0) is 11.5. The van der Waals surface area contributed by atoms with Crippen molar-refractivity contribution in [1.82, 2.24) is 0 Å². The Labute approximate surface area is 103 Å². The highest BCUT2D eigenvalue weighted by Gasteiger charge is 2.15. The molecule has 3 nitrogen and oxygen atoms in total. The number of carboxylic acids is 1. The van der Waals surface area contributed by atoms with Crippen molar-refractivity contribution in [3.63, 3.8) is 0 Å². The van der Waals surface area contributed by atoms with E-state index in [-0.39, 0.29) is 0 Å². The molecular formula is C12H12BrNO2. The van der Waals surface area contributed by atoms with E-state index >= 15 is 0 Å². The SMILES string of the molecule is O=C(O)C1=CCN(c2ccc(Br)cc2)CC1. The molecule has 1 heterocycles. The lowest BCUT2D eigenvalue weighted by Gasteiger charge is -2.27. The summed E-state index contributed by atoms with van der Waals surface area (Å²) in [5.74, 6) is -0.796. The summed E-state index contributed by atoms with van der Waals surface area (Å²) in [6.07, 6.45) is 2.39. The van der Waals surface area contributed by atoms with Crippen LogP contribution in [0.3, 0.4) is 0 Å². The predicted octanol–water partition coefficient (Wildman–Crippen LogP) is 2.67. The van der Waals surface area contributed by atoms with Crippen molar-refractivity contribution in [1.29, 1.82) is 0 Å². The van der Waals surface area contributed by atoms with Gasteiger partial charge in [0.25, 0.3) is 0 Å². The first-order valence-electron chi connectivity index (χ1n) is 5.09. The average Bonchev–Trinajstić information content (AvgIpc) is 2.30. The van der Waals surface area contributed by atoms with Crippen LogP contribution in [-0.2, 0) is 4.79 Å². The minimum atomic E-state index is -0.796. The number of carboxylic acid groups (broad SMARTS) is 1. The standard InChI is InChI=1S/C12H12BrNO2/c13-10-1-3-11(4-2-10)14-7-5-9(6-8-14)12(15)16/h1-5H,6-8H2,(H,15,16). The highest BCUT2D eigenvalue weighted by molar-refractivity contribution is 9.10. The first-order chi connectivity index (χ1) is 7.66. The molecule has 0 saturated heterocycles. The minimum absolute atomic E-state index is 0.522. The van der Waals surface area contributed by atoms with Gasteiger partial charge < -0.3 is 10.0 Å². The van der Waals surface area contributed by atoms with Gasteiger partial charge in [-0.3, -0.25) is 0 Å². The summed E-state index contributed by atoms with van der Waals surface area (Å²) in [5, 5.41) is 8.84. The summed E-state index contributed by atoms with van der Waals surface area (Å²) in [5.41, 5.74) is 1.65. The van der Waals surface area contributed by atoms with Gasteiger partial charge in [-0.05, 0) is 30.7 Å². The Hall–Kier alpha value is -1.29. The van der Waals surface area contributed by atoms with Crippen molar-refractivity contribution in [2.75, 3.05) is 18.0 Å². The van der Waals surface area contributed by atoms with Gasteiger partial charge in [0, 0.05) is 28.8 Å². The molecule has 84 valence electrons. The molecule has 0 spiro atoms. The molecule has 4 heteroatoms. The Morgan fingerprint density at radius 3 is 2.50 bits per heavy atom. The van der Waals surface area contributed by atoms with Crippen molar-refractivity contribution in [2.45, 2.75) is 6.42 Å². The van der Waals surface area contributed by atoms with Gasteiger partial charge in [0.2, 0.25) is 0 Å². The third-order valence-corrected chi connectivity index (χ3v) is 3.20. The van der Waals surface area contributed by atoms with Gasteiger partial charge in [0.05, 0.1) is 0 Å². The first kappa shape index (κ1) is 11.2. The molecule has 0 aliphatic carbocycles. The second kappa shape index (κ2) is 4.70. The van der Waals surface area contributed by atoms with Gasteiger partial charge in [-0.1, -0.05) is 22.0 Å². The van der Waals surface area contributed by atoms with Crippen molar-refractivity contribution in [2.24, 2.45) is 0 Å². The molecule has 0 saturated carbocycles. The lowest BCUT2D eigenvalue weighted by molar-refractivity contribution is -0.132. The lowest BCUT2D eigenvalue weighted by Crippen LogP contribution is -2.29. The number of carbonyl (C=O) groups is 1. The Morgan fingerprint density at radius 2 is 2.00 bits per heavy atom. The molecule has 0 atom stereocenters. The van der Waals surface area contributed by atoms with E-state index in [1.54, 1.807) is 6.08 Å². The molecule has 1 aromatic carbocycles. The smallest absolute Gasteiger partial charge is 0.331 e. The number of anilines is 1. The molecule has 0 bridgehead atoms. The van der Waals surface area contributed by atoms with Gasteiger partial charge in [-0.2, -0.15) is 0 Å². The second-order valence-corrected chi connectivity index (χ2v) is 4.62. The Morgan fingerprint density at radius 1 is 1.31 bits per heavy atom. The summed E-state index contributed by atoms with van der Waals surface area (Å²) in [6, 6.07) is 8.05. The quantitative estimate of drug-likeness (QED) is 0.906. The van der Waals surface area contributed by atoms with Crippen LogP contribution in [-0.4, -0.2) is 24.2 Å². The Kier molecular flexibility index (Phi) is 3.29. The lowest BCUT2D eigenvalue weighted by atomic mass is 10.1. The predicted molar refractivity (Wildman–Crippen MR) is 66.7 cm³/mol. The molecule has 16 heavy (non-hydrogen) atoms. The van der Waals surface area contributed by atoms with Gasteiger partial charge in [-0.25, -0.2) is 4.79 Å². The van der Waals surface area contributed by atoms with Gasteiger partial charge in [0.15, 0.2) is 0 Å². The molecule has 1 aliphatic heterocycles. The van der Waals surface area contributed by atoms with Crippen LogP contribution in [0.1, 0.15) is 6.42 Å². The molecular weight excluding hydrogens is 270 g/mol. The third-order valence-electron chi connectivity index (χ3n) is 2.68. The topological polar surface area (TPSA) is 40.5 Å². The fourth-order valence-corrected chi connectivity index (χ4v) is 2.01. The molecule has 0 amide bonds. The van der Waals surface area contributed by atoms with Crippen molar-refractivity contribution >= 4 is 27.6 Å². The number of rotatable bonds is 2. The molecule has 0 fully saturated rings. The van der Waals surface area contributed by atoms with Crippen LogP contribution in [0.5, 0.6) is 0 Å². The van der Waals surface area contributed by atoms with Crippen LogP contribution >= 0.6 is 15.9 Å². The Bertz CT molecular complexity index is 425. The fourth-order valence-electron chi connectivity index (χ4n) is 1.75. The van der Waals surface area contributed by atoms with E-state index in [2.05, 4.69) is 20.8 Å². The van der Waals surface area contributed by atoms with Crippen molar-refractivity contribution < 1.29 is 9.90 Å². The Balaban J connectivity index is 2.09. The van der Waals surface area contributed by atoms with Crippen LogP contribution in [0.15, 0.2) is 40.4 Å². The number of nitrogens with zero attached hydrogens (tertiary/aromatic N) is 1. The van der Waals surface area contributed by atoms with Crippen LogP contribution < -0.4 is 4.90 Å². The first-order valence-corrected chi connectivity index (χ1v) is 5.89. The number of halogens is 1. The third kappa shape index (κ3) is 2.44. The fraction of sp³-hybridized carbons (Fsp3) is 0.250. The summed E-state index contributed by atoms with van der Waals surface area (Å²) in [4.78, 5) is 12.9. The van der Waals surface area contributed by atoms with E-state index in [0.29, 0.717) is 18.5 Å². The molecule has 0 aromatic heterocycles. The average molecular weight is 282 g/mol. The number of benzene rings is 1. The van der Waals surface area contributed by atoms with Crippen LogP contribution in [0.2, 0.25) is 0 Å². The van der Waals surface area contributed by atoms with E-state index in [4.69, 9.17) is 5.11 Å². The summed E-state index contributed by atoms with van der Waals surface area (Å²) in [7, 11) is 0. The highest BCUT2D eigenvalue weighted by Crippen LogP contribution is 2.21. The molecule has 0 unspecified atom stereocenters. The normalized spacial score (nSPS) is 15.8. The maximum atomic E-state index is 10.7. The highest BCUT2D eigenvalue weighted by atomic mass is 79.9. The monoisotopic (exact) mass is 281 g/mol. The van der Waals surface area contributed by atoms with E-state index in [9.17, 15) is 4.79 Å². The second-order valence-electron chi connectivity index (χ2n) is 3.71. The van der Waals surface area contributed by atoms with E-state index < -0.39 is 5.97 Å². The summed E-state index contributed by atoms with van der Waals surface area (Å²) >= 11 is 3.39. The largest absolute Gasteiger partial charge is 0.478 e. The van der Waals surface area contributed by atoms with Crippen LogP contribution in [0.4, 0.5) is 5.69 Å². The van der Waals surface area contributed by atoms with Crippen molar-refractivity contribution in [3.05, 3.63) is 40.4 Å². The zero-order valence-electron chi connectivity index (χ0n) is 8.69.